The van der Waals surface area contributed by atoms with Crippen molar-refractivity contribution in [2.45, 2.75) is 6.18 Å². The summed E-state index contributed by atoms with van der Waals surface area (Å²) in [6.45, 7) is -0.500. The maximum absolute atomic E-state index is 10.5. The van der Waals surface area contributed by atoms with Crippen molar-refractivity contribution in [2.24, 2.45) is 0 Å². The van der Waals surface area contributed by atoms with Crippen LogP contribution in [0.2, 0.25) is 0 Å². The smallest absolute Gasteiger partial charge is 0.430 e. The molecule has 0 atom stereocenters. The highest BCUT2D eigenvalue weighted by atomic mass is 19.4. The van der Waals surface area contributed by atoms with Crippen LogP contribution < -0.4 is 19.2 Å². The second-order valence-corrected chi connectivity index (χ2v) is 7.58. The molecule has 0 amide bonds. The average Bonchev–Trinajstić information content (AvgIpc) is 2.63. The number of aliphatic carboxylic acids is 1. The third kappa shape index (κ3) is 15.1. The molecule has 0 bridgehead atoms. The predicted octanol–water partition coefficient (Wildman–Crippen LogP) is 1.43. The number of hydrogen-bond acceptors (Lipinski definition) is 4. The minimum atomic E-state index is -5.19. The fourth-order valence-electron chi connectivity index (χ4n) is 1.75. The van der Waals surface area contributed by atoms with Crippen molar-refractivity contribution in [1.82, 2.24) is 8.97 Å². The molecule has 0 radical (unpaired) electrons. The summed E-state index contributed by atoms with van der Waals surface area (Å²) in [6.07, 6.45) is -5.19. The van der Waals surface area contributed by atoms with E-state index in [2.05, 4.69) is 90.8 Å². The normalized spacial score (nSPS) is 10.7. The number of carbonyl (C=O) groups excluding carboxylic acids is 2. The molecule has 0 N–H and O–H groups in total. The molecule has 30 heavy (non-hydrogen) atoms. The van der Waals surface area contributed by atoms with Crippen LogP contribution in [0.1, 0.15) is 0 Å². The molecular formula is C21H29F3N2O4. The summed E-state index contributed by atoms with van der Waals surface area (Å²) in [7, 11) is 13.0. The van der Waals surface area contributed by atoms with Gasteiger partial charge >= 0.3 is 6.18 Å². The van der Waals surface area contributed by atoms with Crippen LogP contribution in [0, 0.1) is 0 Å². The van der Waals surface area contributed by atoms with Crippen molar-refractivity contribution in [2.75, 3.05) is 42.3 Å². The molecule has 168 valence electrons. The molecule has 2 aromatic carbocycles. The molecule has 0 aromatic heterocycles. The zero-order chi connectivity index (χ0) is 24.0. The van der Waals surface area contributed by atoms with Crippen LogP contribution >= 0.6 is 0 Å². The van der Waals surface area contributed by atoms with Crippen molar-refractivity contribution in [3.05, 3.63) is 60.7 Å². The Labute approximate surface area is 175 Å². The summed E-state index contributed by atoms with van der Waals surface area (Å²) in [6, 6.07) is 20.9. The first-order valence-electron chi connectivity index (χ1n) is 8.65. The lowest BCUT2D eigenvalue weighted by atomic mass is 10.3. The molecule has 0 heterocycles. The van der Waals surface area contributed by atoms with Gasteiger partial charge in [-0.1, -0.05) is 36.4 Å². The third-order valence-electron chi connectivity index (χ3n) is 3.29. The quantitative estimate of drug-likeness (QED) is 0.533. The fraction of sp³-hybridized carbons (Fsp3) is 0.333. The van der Waals surface area contributed by atoms with Gasteiger partial charge < -0.3 is 19.8 Å². The second kappa shape index (κ2) is 13.3. The van der Waals surface area contributed by atoms with Crippen LogP contribution in [-0.4, -0.2) is 60.9 Å². The highest BCUT2D eigenvalue weighted by molar-refractivity contribution is 5.70. The highest BCUT2D eigenvalue weighted by Gasteiger charge is 2.28. The molecule has 0 spiro atoms. The standard InChI is InChI=1S/2C9H14N.C2HF3O2.CH2O2/c2*1-10(2,3)9-7-5-4-6-8-9;3-2(4,5)1(6)7;2-1-3/h2*4-8H,1-3H3;(H,6,7);1H,(H,2,3)/q2*+1;;/p-2. The minimum absolute atomic E-state index is 0.500. The Morgan fingerprint density at radius 1 is 0.767 bits per heavy atom. The van der Waals surface area contributed by atoms with Gasteiger partial charge in [-0.15, -0.1) is 0 Å². The minimum Gasteiger partial charge on any atom is -0.554 e. The van der Waals surface area contributed by atoms with Crippen LogP contribution in [0.5, 0.6) is 0 Å². The fourth-order valence-corrected chi connectivity index (χ4v) is 1.75. The maximum atomic E-state index is 10.5. The first-order chi connectivity index (χ1) is 13.6. The number of carbonyl (C=O) groups is 2. The van der Waals surface area contributed by atoms with Gasteiger partial charge in [0.2, 0.25) is 0 Å². The van der Waals surface area contributed by atoms with E-state index < -0.39 is 18.6 Å². The molecule has 2 aromatic rings. The van der Waals surface area contributed by atoms with Crippen molar-refractivity contribution in [3.63, 3.8) is 0 Å². The summed E-state index contributed by atoms with van der Waals surface area (Å²) in [4.78, 5) is 17.0. The van der Waals surface area contributed by atoms with Gasteiger partial charge in [0.05, 0.1) is 42.3 Å². The summed E-state index contributed by atoms with van der Waals surface area (Å²) in [5, 5.41) is 17.0. The number of hydrogen-bond donors (Lipinski definition) is 0. The number of para-hydroxylation sites is 2. The van der Waals surface area contributed by atoms with Gasteiger partial charge in [0.25, 0.3) is 0 Å². The first kappa shape index (κ1) is 29.3. The molecule has 2 rings (SSSR count). The number of rotatable bonds is 2. The molecule has 0 fully saturated rings. The topological polar surface area (TPSA) is 80.3 Å². The van der Waals surface area contributed by atoms with Crippen molar-refractivity contribution in [3.8, 4) is 0 Å². The lowest BCUT2D eigenvalue weighted by molar-refractivity contribution is -0.344. The Kier molecular flexibility index (Phi) is 13.0. The van der Waals surface area contributed by atoms with E-state index in [1.165, 1.54) is 11.4 Å². The molecule has 0 aliphatic carbocycles. The van der Waals surface area contributed by atoms with Gasteiger partial charge in [-0.05, 0) is 24.3 Å². The molecular weight excluding hydrogens is 401 g/mol. The van der Waals surface area contributed by atoms with E-state index in [0.29, 0.717) is 0 Å². The van der Waals surface area contributed by atoms with E-state index in [4.69, 9.17) is 19.8 Å². The lowest BCUT2D eigenvalue weighted by Gasteiger charge is -2.22. The summed E-state index contributed by atoms with van der Waals surface area (Å²) >= 11 is 0. The number of nitrogens with zero attached hydrogens (tertiary/aromatic N) is 2. The number of carboxylic acid groups (broad SMARTS) is 2. The molecule has 0 aliphatic rings. The van der Waals surface area contributed by atoms with Crippen molar-refractivity contribution >= 4 is 23.8 Å². The number of carboxylic acids is 1. The molecule has 0 aliphatic heterocycles. The monoisotopic (exact) mass is 430 g/mol. The Morgan fingerprint density at radius 2 is 0.967 bits per heavy atom. The summed E-state index contributed by atoms with van der Waals surface area (Å²) in [5.74, 6) is -3.01. The largest absolute Gasteiger partial charge is 0.554 e. The van der Waals surface area contributed by atoms with E-state index in [0.717, 1.165) is 8.97 Å². The van der Waals surface area contributed by atoms with Gasteiger partial charge in [0.15, 0.2) is 0 Å². The van der Waals surface area contributed by atoms with E-state index in [1.54, 1.807) is 0 Å². The van der Waals surface area contributed by atoms with Crippen molar-refractivity contribution in [1.29, 1.82) is 0 Å². The Bertz CT molecular complexity index is 674. The summed E-state index contributed by atoms with van der Waals surface area (Å²) < 4.78 is 33.3. The molecule has 6 nitrogen and oxygen atoms in total. The number of benzene rings is 2. The summed E-state index contributed by atoms with van der Waals surface area (Å²) in [5.41, 5.74) is 2.67. The first-order valence-corrected chi connectivity index (χ1v) is 8.65. The highest BCUT2D eigenvalue weighted by Crippen LogP contribution is 2.15. The van der Waals surface area contributed by atoms with Crippen molar-refractivity contribution < 1.29 is 33.0 Å². The van der Waals surface area contributed by atoms with Gasteiger partial charge in [0.1, 0.15) is 17.3 Å². The van der Waals surface area contributed by atoms with Crippen LogP contribution in [0.4, 0.5) is 24.5 Å². The van der Waals surface area contributed by atoms with Crippen LogP contribution in [-0.2, 0) is 9.59 Å². The molecule has 0 saturated heterocycles. The van der Waals surface area contributed by atoms with E-state index >= 15 is 0 Å². The second-order valence-electron chi connectivity index (χ2n) is 7.58. The van der Waals surface area contributed by atoms with Crippen LogP contribution in [0.25, 0.3) is 0 Å². The Balaban J connectivity index is 0. The van der Waals surface area contributed by atoms with Gasteiger partial charge in [-0.2, -0.15) is 13.2 Å². The number of alkyl halides is 3. The van der Waals surface area contributed by atoms with E-state index in [-0.39, 0.29) is 0 Å². The maximum Gasteiger partial charge on any atom is 0.430 e. The third-order valence-corrected chi connectivity index (χ3v) is 3.29. The van der Waals surface area contributed by atoms with E-state index in [9.17, 15) is 13.2 Å². The van der Waals surface area contributed by atoms with E-state index in [1.807, 2.05) is 12.1 Å². The molecule has 0 unspecified atom stereocenters. The van der Waals surface area contributed by atoms with Crippen LogP contribution in [0.3, 0.4) is 0 Å². The zero-order valence-electron chi connectivity index (χ0n) is 18.0. The molecule has 0 saturated carbocycles. The van der Waals surface area contributed by atoms with Crippen LogP contribution in [0.15, 0.2) is 60.7 Å². The lowest BCUT2D eigenvalue weighted by Crippen LogP contribution is -2.37. The Hall–Kier alpha value is -2.91. The average molecular weight is 430 g/mol. The molecule has 9 heteroatoms. The Morgan fingerprint density at radius 3 is 1.07 bits per heavy atom. The van der Waals surface area contributed by atoms with Gasteiger partial charge in [-0.3, -0.25) is 8.97 Å². The predicted molar refractivity (Wildman–Crippen MR) is 109 cm³/mol. The van der Waals surface area contributed by atoms with Gasteiger partial charge in [0, 0.05) is 6.47 Å². The number of halogens is 3. The SMILES string of the molecule is C[N+](C)(C)c1ccccc1.C[N+](C)(C)c1ccccc1.O=C([O-])C(F)(F)F.O=C[O-]. The number of quaternary nitrogens is 2. The van der Waals surface area contributed by atoms with Gasteiger partial charge in [-0.25, -0.2) is 0 Å². The zero-order valence-corrected chi connectivity index (χ0v) is 18.0.